The Hall–Kier alpha value is -3.82. The molecule has 2 aromatic heterocycles. The summed E-state index contributed by atoms with van der Waals surface area (Å²) in [5.74, 6) is -4.09. The number of aliphatic hydroxyl groups excluding tert-OH is 4. The van der Waals surface area contributed by atoms with Crippen LogP contribution in [0.5, 0.6) is 0 Å². The minimum absolute atomic E-state index is 0. The van der Waals surface area contributed by atoms with Gasteiger partial charge in [-0.05, 0) is 60.4 Å². The van der Waals surface area contributed by atoms with Crippen LogP contribution >= 0.6 is 23.5 Å². The molecule has 18 nitrogen and oxygen atoms in total. The normalized spacial score (nSPS) is 13.7. The molecular weight excluding hydrogens is 1010 g/mol. The largest absolute Gasteiger partial charge is 2.00 e. The van der Waals surface area contributed by atoms with Crippen molar-refractivity contribution < 1.29 is 65.8 Å². The maximum Gasteiger partial charge on any atom is 2.00 e. The Morgan fingerprint density at radius 2 is 0.928 bits per heavy atom. The summed E-state index contributed by atoms with van der Waals surface area (Å²) in [5, 5.41) is 62.0. The van der Waals surface area contributed by atoms with Gasteiger partial charge in [-0.3, -0.25) is 0 Å². The number of hydrogen-bond donors (Lipinski definition) is 4. The summed E-state index contributed by atoms with van der Waals surface area (Å²) in [6, 6.07) is 11.3. The molecule has 4 rings (SSSR count). The molecule has 0 unspecified atom stereocenters. The van der Waals surface area contributed by atoms with Crippen LogP contribution in [0.15, 0.2) is 80.5 Å². The number of carboxylic acids is 2. The third-order valence-electron chi connectivity index (χ3n) is 9.37. The first-order chi connectivity index (χ1) is 31.5. The van der Waals surface area contributed by atoms with E-state index >= 15 is 0 Å². The number of sulfonamides is 2. The minimum Gasteiger partial charge on any atom is -0.550 e. The number of halogens is 2. The third kappa shape index (κ3) is 20.4. The van der Waals surface area contributed by atoms with E-state index in [1.54, 1.807) is 36.4 Å². The van der Waals surface area contributed by atoms with Gasteiger partial charge in [-0.1, -0.05) is 75.5 Å². The number of nitrogens with zero attached hydrogens (tertiary/aromatic N) is 6. The summed E-state index contributed by atoms with van der Waals surface area (Å²) in [6.07, 6.45) is 1.31. The fraction of sp³-hybridized carbons (Fsp3) is 0.409. The van der Waals surface area contributed by atoms with Crippen molar-refractivity contribution in [3.8, 4) is 0 Å². The summed E-state index contributed by atoms with van der Waals surface area (Å²) in [6.45, 7) is 7.43. The molecule has 2 aromatic carbocycles. The Labute approximate surface area is 439 Å². The number of carboxylic acid groups (broad SMARTS) is 2. The van der Waals surface area contributed by atoms with Crippen LogP contribution in [0.4, 0.5) is 20.7 Å². The number of carbonyl (C=O) groups excluding carboxylic acids is 2. The van der Waals surface area contributed by atoms with Crippen LogP contribution in [0.1, 0.15) is 87.7 Å². The zero-order valence-electron chi connectivity index (χ0n) is 39.1. The molecule has 372 valence electrons. The number of aliphatic carboxylic acids is 2. The smallest absolute Gasteiger partial charge is 0.550 e. The SMILES string of the molecule is CC(C)c1nc(N(C)S(C)(=O)=O)nc(Sc2ccc(F)cc2)c1/C=C/[C@@H](O)C[C@@H](O)CC(=O)[O-].CC(C)c1nc(N(C)S(C)(=O)=O)nc(Sc2ccc(F)cc2)c1/C=C/[C@@H](O)C[C@@H](O)CC(=O)[O-].[Ca+2]. The zero-order chi connectivity index (χ0) is 51.3. The quantitative estimate of drug-likeness (QED) is 0.0650. The summed E-state index contributed by atoms with van der Waals surface area (Å²) in [7, 11) is -4.63. The zero-order valence-corrected chi connectivity index (χ0v) is 44.5. The van der Waals surface area contributed by atoms with Crippen molar-refractivity contribution in [3.63, 3.8) is 0 Å². The molecule has 4 N–H and O–H groups in total. The van der Waals surface area contributed by atoms with Gasteiger partial charge in [0.25, 0.3) is 0 Å². The van der Waals surface area contributed by atoms with Crippen molar-refractivity contribution in [2.24, 2.45) is 0 Å². The van der Waals surface area contributed by atoms with Gasteiger partial charge < -0.3 is 40.2 Å². The second kappa shape index (κ2) is 27.7. The molecule has 0 bridgehead atoms. The number of benzene rings is 2. The van der Waals surface area contributed by atoms with Gasteiger partial charge in [-0.25, -0.2) is 54.2 Å². The molecule has 0 saturated carbocycles. The molecule has 0 amide bonds. The van der Waals surface area contributed by atoms with E-state index < -0.39 is 80.9 Å². The van der Waals surface area contributed by atoms with Crippen molar-refractivity contribution >= 4 is 117 Å². The van der Waals surface area contributed by atoms with Gasteiger partial charge >= 0.3 is 37.7 Å². The van der Waals surface area contributed by atoms with Crippen LogP contribution in [0.2, 0.25) is 0 Å². The van der Waals surface area contributed by atoms with Gasteiger partial charge in [-0.15, -0.1) is 0 Å². The molecule has 0 saturated heterocycles. The Kier molecular flexibility index (Phi) is 24.6. The van der Waals surface area contributed by atoms with Crippen LogP contribution < -0.4 is 18.8 Å². The second-order valence-corrected chi connectivity index (χ2v) is 22.1. The van der Waals surface area contributed by atoms with Crippen LogP contribution in [-0.4, -0.2) is 158 Å². The average molecular weight is 1070 g/mol. The maximum absolute atomic E-state index is 13.4. The number of carbonyl (C=O) groups is 2. The number of rotatable bonds is 22. The molecule has 0 aliphatic rings. The Morgan fingerprint density at radius 3 is 1.19 bits per heavy atom. The molecule has 69 heavy (non-hydrogen) atoms. The molecule has 0 aliphatic carbocycles. The predicted octanol–water partition coefficient (Wildman–Crippen LogP) is 2.72. The van der Waals surface area contributed by atoms with E-state index in [0.29, 0.717) is 42.4 Å². The van der Waals surface area contributed by atoms with E-state index in [0.717, 1.165) is 44.6 Å². The van der Waals surface area contributed by atoms with Crippen molar-refractivity contribution in [1.82, 2.24) is 19.9 Å². The van der Waals surface area contributed by atoms with Crippen molar-refractivity contribution in [3.05, 3.63) is 94.8 Å². The van der Waals surface area contributed by atoms with Crippen molar-refractivity contribution in [1.29, 1.82) is 0 Å². The Balaban J connectivity index is 0.000000467. The van der Waals surface area contributed by atoms with Crippen LogP contribution in [-0.2, 0) is 29.6 Å². The van der Waals surface area contributed by atoms with Gasteiger partial charge in [0.05, 0.1) is 48.3 Å². The van der Waals surface area contributed by atoms with E-state index in [1.807, 2.05) is 27.7 Å². The monoisotopic (exact) mass is 1060 g/mol. The molecule has 0 radical (unpaired) electrons. The molecule has 4 atom stereocenters. The van der Waals surface area contributed by atoms with Crippen LogP contribution in [0, 0.1) is 11.6 Å². The van der Waals surface area contributed by atoms with Crippen molar-refractivity contribution in [2.75, 3.05) is 35.2 Å². The fourth-order valence-corrected chi connectivity index (χ4v) is 8.31. The first-order valence-electron chi connectivity index (χ1n) is 20.6. The average Bonchev–Trinajstić information content (AvgIpc) is 3.22. The maximum atomic E-state index is 13.4. The molecule has 25 heteroatoms. The van der Waals surface area contributed by atoms with E-state index in [9.17, 15) is 65.8 Å². The van der Waals surface area contributed by atoms with Crippen LogP contribution in [0.25, 0.3) is 12.2 Å². The molecule has 0 fully saturated rings. The minimum atomic E-state index is -3.64. The summed E-state index contributed by atoms with van der Waals surface area (Å²) in [4.78, 5) is 40.2. The Morgan fingerprint density at radius 1 is 0.623 bits per heavy atom. The van der Waals surface area contributed by atoms with Gasteiger partial charge in [0, 0.05) is 72.6 Å². The molecular formula is C44H54CaF2N6O12S4. The number of aliphatic hydroxyl groups is 4. The molecule has 4 aromatic rings. The topological polar surface area (TPSA) is 287 Å². The van der Waals surface area contributed by atoms with E-state index in [4.69, 9.17) is 0 Å². The first kappa shape index (κ1) is 61.3. The van der Waals surface area contributed by atoms with Crippen molar-refractivity contribution in [2.45, 2.75) is 109 Å². The van der Waals surface area contributed by atoms with Crippen LogP contribution in [0.3, 0.4) is 0 Å². The molecule has 2 heterocycles. The molecule has 0 spiro atoms. The van der Waals surface area contributed by atoms with Gasteiger partial charge in [0.15, 0.2) is 0 Å². The van der Waals surface area contributed by atoms with E-state index in [1.165, 1.54) is 50.5 Å². The Bertz CT molecular complexity index is 2470. The van der Waals surface area contributed by atoms with Gasteiger partial charge in [-0.2, -0.15) is 0 Å². The second-order valence-electron chi connectivity index (χ2n) is 15.9. The predicted molar refractivity (Wildman–Crippen MR) is 256 cm³/mol. The summed E-state index contributed by atoms with van der Waals surface area (Å²) < 4.78 is 76.9. The van der Waals surface area contributed by atoms with E-state index in [2.05, 4.69) is 19.9 Å². The first-order valence-corrected chi connectivity index (χ1v) is 25.9. The standard InChI is InChI=1S/2C22H28FN3O6S2.Ca/c2*1-13(2)20-18(10-7-15(27)11-16(28)12-19(29)30)21(33-17-8-5-14(23)6-9-17)25-22(24-20)26(3)34(4,31)32;/h2*5-10,13,15-16,27-28H,11-12H2,1-4H3,(H,29,30);/q;;+2/p-2/b2*10-7+;/t2*15-,16-;/m11./s1. The van der Waals surface area contributed by atoms with E-state index in [-0.39, 0.29) is 74.3 Å². The number of hydrogen-bond acceptors (Lipinski definition) is 18. The summed E-state index contributed by atoms with van der Waals surface area (Å²) >= 11 is 2.33. The van der Waals surface area contributed by atoms with Gasteiger partial charge in [0.2, 0.25) is 31.9 Å². The number of anilines is 2. The van der Waals surface area contributed by atoms with Gasteiger partial charge in [0.1, 0.15) is 21.7 Å². The number of aromatic nitrogens is 4. The third-order valence-corrected chi connectivity index (χ3v) is 13.7. The fourth-order valence-electron chi connectivity index (χ4n) is 5.74. The molecule has 0 aliphatic heterocycles. The summed E-state index contributed by atoms with van der Waals surface area (Å²) in [5.41, 5.74) is 2.01.